The lowest BCUT2D eigenvalue weighted by Crippen LogP contribution is -2.41. The van der Waals surface area contributed by atoms with Gasteiger partial charge in [0.1, 0.15) is 6.54 Å². The summed E-state index contributed by atoms with van der Waals surface area (Å²) in [5, 5.41) is 8.80. The first kappa shape index (κ1) is 15.5. The average Bonchev–Trinajstić information content (AvgIpc) is 2.96. The number of para-hydroxylation sites is 2. The van der Waals surface area contributed by atoms with Gasteiger partial charge in [-0.15, -0.1) is 0 Å². The zero-order valence-corrected chi connectivity index (χ0v) is 13.0. The minimum absolute atomic E-state index is 0.0770. The minimum atomic E-state index is -0.765. The number of likely N-dealkylation sites (tertiary alicyclic amines) is 1. The highest BCUT2D eigenvalue weighted by atomic mass is 16.4. The van der Waals surface area contributed by atoms with Crippen molar-refractivity contribution in [3.05, 3.63) is 30.6 Å². The number of benzene rings is 1. The van der Waals surface area contributed by atoms with Crippen molar-refractivity contribution in [2.75, 3.05) is 13.1 Å². The van der Waals surface area contributed by atoms with Crippen LogP contribution in [0.3, 0.4) is 0 Å². The molecule has 0 radical (unpaired) electrons. The normalized spacial score (nSPS) is 18.3. The molecule has 6 nitrogen and oxygen atoms in total. The van der Waals surface area contributed by atoms with Crippen LogP contribution >= 0.6 is 0 Å². The van der Waals surface area contributed by atoms with Crippen LogP contribution in [0.4, 0.5) is 0 Å². The number of hydrogen-bond acceptors (Lipinski definition) is 3. The number of aromatic nitrogens is 2. The molecule has 23 heavy (non-hydrogen) atoms. The number of carboxylic acid groups (broad SMARTS) is 1. The Morgan fingerprint density at radius 3 is 2.96 bits per heavy atom. The van der Waals surface area contributed by atoms with Crippen LogP contribution < -0.4 is 0 Å². The average molecular weight is 315 g/mol. The molecule has 1 aromatic heterocycles. The topological polar surface area (TPSA) is 75.4 Å². The maximum atomic E-state index is 12.6. The summed E-state index contributed by atoms with van der Waals surface area (Å²) in [5.74, 6) is -0.394. The molecule has 0 spiro atoms. The molecular weight excluding hydrogens is 294 g/mol. The lowest BCUT2D eigenvalue weighted by Gasteiger charge is -2.32. The Morgan fingerprint density at radius 1 is 1.30 bits per heavy atom. The summed E-state index contributed by atoms with van der Waals surface area (Å²) in [6.07, 6.45) is 4.48. The molecule has 0 aliphatic carbocycles. The van der Waals surface area contributed by atoms with Gasteiger partial charge in [-0.1, -0.05) is 12.1 Å². The molecule has 0 saturated carbocycles. The maximum absolute atomic E-state index is 12.6. The Labute approximate surface area is 134 Å². The van der Waals surface area contributed by atoms with Crippen molar-refractivity contribution in [1.29, 1.82) is 0 Å². The van der Waals surface area contributed by atoms with Crippen LogP contribution in [-0.4, -0.2) is 44.5 Å². The van der Waals surface area contributed by atoms with Gasteiger partial charge in [0, 0.05) is 19.5 Å². The van der Waals surface area contributed by atoms with E-state index in [1.54, 1.807) is 6.33 Å². The first-order valence-electron chi connectivity index (χ1n) is 8.03. The van der Waals surface area contributed by atoms with Crippen molar-refractivity contribution in [1.82, 2.24) is 14.5 Å². The molecule has 2 heterocycles. The Bertz CT molecular complexity index is 710. The first-order valence-corrected chi connectivity index (χ1v) is 8.03. The highest BCUT2D eigenvalue weighted by molar-refractivity contribution is 5.80. The number of amides is 1. The van der Waals surface area contributed by atoms with Crippen LogP contribution in [0.2, 0.25) is 0 Å². The zero-order chi connectivity index (χ0) is 16.2. The second-order valence-corrected chi connectivity index (χ2v) is 6.14. The Balaban J connectivity index is 1.62. The number of rotatable bonds is 5. The lowest BCUT2D eigenvalue weighted by atomic mass is 9.93. The van der Waals surface area contributed by atoms with Gasteiger partial charge in [-0.2, -0.15) is 0 Å². The van der Waals surface area contributed by atoms with Crippen molar-refractivity contribution in [3.63, 3.8) is 0 Å². The number of nitrogens with zero attached hydrogens (tertiary/aromatic N) is 3. The van der Waals surface area contributed by atoms with Crippen LogP contribution in [0.15, 0.2) is 30.6 Å². The first-order chi connectivity index (χ1) is 11.1. The van der Waals surface area contributed by atoms with Crippen LogP contribution in [0.1, 0.15) is 25.7 Å². The van der Waals surface area contributed by atoms with Crippen molar-refractivity contribution in [2.24, 2.45) is 5.92 Å². The van der Waals surface area contributed by atoms with Gasteiger partial charge >= 0.3 is 5.97 Å². The summed E-state index contributed by atoms with van der Waals surface area (Å²) < 4.78 is 1.87. The van der Waals surface area contributed by atoms with Gasteiger partial charge < -0.3 is 14.6 Å². The third-order valence-corrected chi connectivity index (χ3v) is 4.47. The number of carbonyl (C=O) groups is 2. The third-order valence-electron chi connectivity index (χ3n) is 4.47. The molecule has 1 aliphatic heterocycles. The van der Waals surface area contributed by atoms with E-state index in [4.69, 9.17) is 5.11 Å². The molecule has 6 heteroatoms. The molecule has 1 fully saturated rings. The highest BCUT2D eigenvalue weighted by Crippen LogP contribution is 2.21. The number of piperidine rings is 1. The number of aliphatic carboxylic acids is 1. The molecule has 122 valence electrons. The van der Waals surface area contributed by atoms with E-state index in [0.717, 1.165) is 30.4 Å². The van der Waals surface area contributed by atoms with Gasteiger partial charge in [-0.25, -0.2) is 4.98 Å². The fraction of sp³-hybridized carbons (Fsp3) is 0.471. The SMILES string of the molecule is O=C(O)CCC1CCCN(C(=O)Cn2cnc3ccccc32)C1. The van der Waals surface area contributed by atoms with Crippen LogP contribution in [0.25, 0.3) is 11.0 Å². The maximum Gasteiger partial charge on any atom is 0.303 e. The Morgan fingerprint density at radius 2 is 2.13 bits per heavy atom. The largest absolute Gasteiger partial charge is 0.481 e. The van der Waals surface area contributed by atoms with E-state index in [1.165, 1.54) is 0 Å². The highest BCUT2D eigenvalue weighted by Gasteiger charge is 2.24. The second kappa shape index (κ2) is 6.81. The lowest BCUT2D eigenvalue weighted by molar-refractivity contribution is -0.137. The van der Waals surface area contributed by atoms with Gasteiger partial charge in [-0.05, 0) is 37.3 Å². The number of fused-ring (bicyclic) bond motifs is 1. The predicted octanol–water partition coefficient (Wildman–Crippen LogP) is 2.14. The fourth-order valence-corrected chi connectivity index (χ4v) is 3.24. The van der Waals surface area contributed by atoms with Crippen LogP contribution in [0, 0.1) is 5.92 Å². The second-order valence-electron chi connectivity index (χ2n) is 6.14. The van der Waals surface area contributed by atoms with Gasteiger partial charge in [0.2, 0.25) is 5.91 Å². The van der Waals surface area contributed by atoms with Gasteiger partial charge in [0.05, 0.1) is 17.4 Å². The van der Waals surface area contributed by atoms with E-state index in [2.05, 4.69) is 4.98 Å². The summed E-state index contributed by atoms with van der Waals surface area (Å²) >= 11 is 0. The van der Waals surface area contributed by atoms with Crippen molar-refractivity contribution >= 4 is 22.9 Å². The number of imidazole rings is 1. The number of carboxylic acids is 1. The van der Waals surface area contributed by atoms with E-state index in [1.807, 2.05) is 33.7 Å². The number of hydrogen-bond donors (Lipinski definition) is 1. The fourth-order valence-electron chi connectivity index (χ4n) is 3.24. The van der Waals surface area contributed by atoms with E-state index >= 15 is 0 Å². The van der Waals surface area contributed by atoms with Crippen molar-refractivity contribution < 1.29 is 14.7 Å². The van der Waals surface area contributed by atoms with Gasteiger partial charge in [-0.3, -0.25) is 9.59 Å². The van der Waals surface area contributed by atoms with Crippen LogP contribution in [-0.2, 0) is 16.1 Å². The van der Waals surface area contributed by atoms with E-state index < -0.39 is 5.97 Å². The number of carbonyl (C=O) groups excluding carboxylic acids is 1. The van der Waals surface area contributed by atoms with E-state index in [9.17, 15) is 9.59 Å². The molecule has 1 aliphatic rings. The predicted molar refractivity (Wildman–Crippen MR) is 85.9 cm³/mol. The monoisotopic (exact) mass is 315 g/mol. The molecule has 1 saturated heterocycles. The molecule has 1 atom stereocenters. The smallest absolute Gasteiger partial charge is 0.303 e. The van der Waals surface area contributed by atoms with E-state index in [-0.39, 0.29) is 18.9 Å². The van der Waals surface area contributed by atoms with Gasteiger partial charge in [0.15, 0.2) is 0 Å². The molecule has 2 aromatic rings. The summed E-state index contributed by atoms with van der Waals surface area (Å²) in [6.45, 7) is 1.71. The summed E-state index contributed by atoms with van der Waals surface area (Å²) in [7, 11) is 0. The van der Waals surface area contributed by atoms with Crippen LogP contribution in [0.5, 0.6) is 0 Å². The van der Waals surface area contributed by atoms with Crippen molar-refractivity contribution in [3.8, 4) is 0 Å². The molecule has 3 rings (SSSR count). The molecule has 0 bridgehead atoms. The summed E-state index contributed by atoms with van der Waals surface area (Å²) in [4.78, 5) is 29.4. The molecule has 1 amide bonds. The zero-order valence-electron chi connectivity index (χ0n) is 13.0. The summed E-state index contributed by atoms with van der Waals surface area (Å²) in [5.41, 5.74) is 1.85. The summed E-state index contributed by atoms with van der Waals surface area (Å²) in [6, 6.07) is 7.76. The standard InChI is InChI=1S/C17H21N3O3/c21-16(11-20-12-18-14-5-1-2-6-15(14)20)19-9-3-4-13(10-19)7-8-17(22)23/h1-2,5-6,12-13H,3-4,7-11H2,(H,22,23). The Kier molecular flexibility index (Phi) is 4.60. The molecule has 1 aromatic carbocycles. The Hall–Kier alpha value is -2.37. The third kappa shape index (κ3) is 3.70. The molecule has 1 N–H and O–H groups in total. The van der Waals surface area contributed by atoms with E-state index in [0.29, 0.717) is 18.9 Å². The molecule has 1 unspecified atom stereocenters. The van der Waals surface area contributed by atoms with Gasteiger partial charge in [0.25, 0.3) is 0 Å². The van der Waals surface area contributed by atoms with Crippen molar-refractivity contribution in [2.45, 2.75) is 32.2 Å². The minimum Gasteiger partial charge on any atom is -0.481 e. The molecular formula is C17H21N3O3. The quantitative estimate of drug-likeness (QED) is 0.917.